The first-order chi connectivity index (χ1) is 14.2. The van der Waals surface area contributed by atoms with Crippen LogP contribution in [0, 0.1) is 6.92 Å². The molecular formula is C21H18Cl2N2O4S. The number of halogens is 2. The Morgan fingerprint density at radius 3 is 2.27 bits per heavy atom. The Bertz CT molecular complexity index is 1200. The maximum absolute atomic E-state index is 12.8. The summed E-state index contributed by atoms with van der Waals surface area (Å²) in [5.41, 5.74) is 1.85. The number of anilines is 2. The van der Waals surface area contributed by atoms with Crippen LogP contribution >= 0.6 is 23.2 Å². The number of hydrogen-bond donors (Lipinski definition) is 2. The first kappa shape index (κ1) is 22.0. The molecule has 0 aliphatic heterocycles. The number of rotatable bonds is 6. The van der Waals surface area contributed by atoms with Crippen LogP contribution in [-0.2, 0) is 10.0 Å². The van der Waals surface area contributed by atoms with Crippen molar-refractivity contribution in [1.29, 1.82) is 0 Å². The minimum Gasteiger partial charge on any atom is -0.495 e. The van der Waals surface area contributed by atoms with Crippen LogP contribution in [0.5, 0.6) is 5.75 Å². The lowest BCUT2D eigenvalue weighted by Gasteiger charge is -2.14. The molecule has 3 rings (SSSR count). The molecule has 0 heterocycles. The average molecular weight is 465 g/mol. The molecule has 3 aromatic rings. The molecule has 30 heavy (non-hydrogen) atoms. The summed E-state index contributed by atoms with van der Waals surface area (Å²) in [4.78, 5) is 12.5. The number of methoxy groups -OCH3 is 1. The van der Waals surface area contributed by atoms with Crippen molar-refractivity contribution in [2.24, 2.45) is 0 Å². The van der Waals surface area contributed by atoms with Crippen molar-refractivity contribution < 1.29 is 17.9 Å². The lowest BCUT2D eigenvalue weighted by Crippen LogP contribution is -2.16. The number of benzene rings is 3. The summed E-state index contributed by atoms with van der Waals surface area (Å²) in [6, 6.07) is 15.6. The molecule has 0 spiro atoms. The average Bonchev–Trinajstić information content (AvgIpc) is 2.70. The van der Waals surface area contributed by atoms with Gasteiger partial charge in [-0.15, -0.1) is 0 Å². The lowest BCUT2D eigenvalue weighted by atomic mass is 10.1. The molecule has 6 nitrogen and oxygen atoms in total. The van der Waals surface area contributed by atoms with Crippen LogP contribution in [0.15, 0.2) is 65.6 Å². The summed E-state index contributed by atoms with van der Waals surface area (Å²) in [5, 5.41) is 3.24. The normalized spacial score (nSPS) is 11.1. The highest BCUT2D eigenvalue weighted by Crippen LogP contribution is 2.31. The van der Waals surface area contributed by atoms with Gasteiger partial charge in [-0.05, 0) is 55.5 Å². The Hall–Kier alpha value is -2.74. The molecule has 0 atom stereocenters. The van der Waals surface area contributed by atoms with Gasteiger partial charge in [0, 0.05) is 10.6 Å². The molecule has 1 amide bonds. The fraction of sp³-hybridized carbons (Fsp3) is 0.0952. The van der Waals surface area contributed by atoms with Crippen molar-refractivity contribution >= 4 is 50.5 Å². The van der Waals surface area contributed by atoms with Crippen LogP contribution in [0.1, 0.15) is 15.9 Å². The molecule has 156 valence electrons. The van der Waals surface area contributed by atoms with Gasteiger partial charge in [-0.25, -0.2) is 8.42 Å². The third-order valence-corrected chi connectivity index (χ3v) is 6.13. The monoisotopic (exact) mass is 464 g/mol. The van der Waals surface area contributed by atoms with Crippen molar-refractivity contribution in [2.45, 2.75) is 11.8 Å². The van der Waals surface area contributed by atoms with Gasteiger partial charge in [0.1, 0.15) is 5.75 Å². The fourth-order valence-electron chi connectivity index (χ4n) is 2.63. The molecule has 9 heteroatoms. The largest absolute Gasteiger partial charge is 0.495 e. The third-order valence-electron chi connectivity index (χ3n) is 4.22. The van der Waals surface area contributed by atoms with Crippen LogP contribution in [0.2, 0.25) is 10.0 Å². The molecule has 0 radical (unpaired) electrons. The first-order valence-corrected chi connectivity index (χ1v) is 11.0. The molecule has 3 aromatic carbocycles. The van der Waals surface area contributed by atoms with Crippen LogP contribution in [0.4, 0.5) is 11.4 Å². The number of ether oxygens (including phenoxy) is 1. The highest BCUT2D eigenvalue weighted by atomic mass is 35.5. The second-order valence-electron chi connectivity index (χ2n) is 6.41. The van der Waals surface area contributed by atoms with Gasteiger partial charge < -0.3 is 10.1 Å². The summed E-state index contributed by atoms with van der Waals surface area (Å²) in [5.74, 6) is -0.0736. The van der Waals surface area contributed by atoms with Crippen LogP contribution < -0.4 is 14.8 Å². The Kier molecular flexibility index (Phi) is 6.55. The van der Waals surface area contributed by atoms with E-state index in [1.165, 1.54) is 43.5 Å². The van der Waals surface area contributed by atoms with Crippen LogP contribution in [0.25, 0.3) is 0 Å². The van der Waals surface area contributed by atoms with Crippen LogP contribution in [0.3, 0.4) is 0 Å². The highest BCUT2D eigenvalue weighted by molar-refractivity contribution is 7.92. The lowest BCUT2D eigenvalue weighted by molar-refractivity contribution is 0.102. The van der Waals surface area contributed by atoms with E-state index in [-0.39, 0.29) is 21.3 Å². The summed E-state index contributed by atoms with van der Waals surface area (Å²) in [6.07, 6.45) is 0. The SMILES string of the molecule is COc1ccc(S(=O)(=O)Nc2ccc(Cl)cc2Cl)cc1NC(=O)c1ccc(C)cc1. The maximum Gasteiger partial charge on any atom is 0.262 e. The highest BCUT2D eigenvalue weighted by Gasteiger charge is 2.19. The Morgan fingerprint density at radius 1 is 0.933 bits per heavy atom. The molecule has 0 aliphatic rings. The van der Waals surface area contributed by atoms with Gasteiger partial charge in [-0.2, -0.15) is 0 Å². The molecule has 0 unspecified atom stereocenters. The van der Waals surface area contributed by atoms with Gasteiger partial charge in [-0.3, -0.25) is 9.52 Å². The second-order valence-corrected chi connectivity index (χ2v) is 8.94. The van der Waals surface area contributed by atoms with E-state index in [2.05, 4.69) is 10.0 Å². The molecule has 0 bridgehead atoms. The van der Waals surface area contributed by atoms with Crippen molar-refractivity contribution in [3.05, 3.63) is 81.8 Å². The van der Waals surface area contributed by atoms with Crippen LogP contribution in [-0.4, -0.2) is 21.4 Å². The standard InChI is InChI=1S/C21H18Cl2N2O4S/c1-13-3-5-14(6-4-13)21(26)24-19-12-16(8-10-20(19)29-2)30(27,28)25-18-9-7-15(22)11-17(18)23/h3-12,25H,1-2H3,(H,24,26). The smallest absolute Gasteiger partial charge is 0.262 e. The zero-order valence-electron chi connectivity index (χ0n) is 16.1. The Balaban J connectivity index is 1.91. The number of carbonyl (C=O) groups is 1. The van der Waals surface area contributed by atoms with Gasteiger partial charge in [0.2, 0.25) is 0 Å². The number of sulfonamides is 1. The molecular weight excluding hydrogens is 447 g/mol. The van der Waals surface area contributed by atoms with E-state index in [0.717, 1.165) is 5.56 Å². The van der Waals surface area contributed by atoms with Crippen molar-refractivity contribution in [3.63, 3.8) is 0 Å². The van der Waals surface area contributed by atoms with E-state index in [0.29, 0.717) is 16.3 Å². The summed E-state index contributed by atoms with van der Waals surface area (Å²) < 4.78 is 33.3. The third kappa shape index (κ3) is 5.05. The molecule has 0 saturated heterocycles. The molecule has 0 fully saturated rings. The van der Waals surface area contributed by atoms with Gasteiger partial charge in [0.05, 0.1) is 28.4 Å². The number of hydrogen-bond acceptors (Lipinski definition) is 4. The predicted molar refractivity (Wildman–Crippen MR) is 119 cm³/mol. The number of aryl methyl sites for hydroxylation is 1. The summed E-state index contributed by atoms with van der Waals surface area (Å²) >= 11 is 11.9. The zero-order valence-corrected chi connectivity index (χ0v) is 18.4. The Labute approximate surface area is 184 Å². The molecule has 0 aromatic heterocycles. The van der Waals surface area contributed by atoms with Crippen molar-refractivity contribution in [1.82, 2.24) is 0 Å². The molecule has 0 saturated carbocycles. The van der Waals surface area contributed by atoms with Gasteiger partial charge >= 0.3 is 0 Å². The Morgan fingerprint density at radius 2 is 1.63 bits per heavy atom. The predicted octanol–water partition coefficient (Wildman–Crippen LogP) is 5.36. The van der Waals surface area contributed by atoms with Gasteiger partial charge in [-0.1, -0.05) is 40.9 Å². The van der Waals surface area contributed by atoms with E-state index < -0.39 is 15.9 Å². The van der Waals surface area contributed by atoms with E-state index in [1.54, 1.807) is 12.1 Å². The minimum atomic E-state index is -3.99. The first-order valence-electron chi connectivity index (χ1n) is 8.73. The van der Waals surface area contributed by atoms with E-state index >= 15 is 0 Å². The topological polar surface area (TPSA) is 84.5 Å². The van der Waals surface area contributed by atoms with Gasteiger partial charge in [0.25, 0.3) is 15.9 Å². The minimum absolute atomic E-state index is 0.0754. The van der Waals surface area contributed by atoms with E-state index in [4.69, 9.17) is 27.9 Å². The van der Waals surface area contributed by atoms with E-state index in [1.807, 2.05) is 19.1 Å². The number of amides is 1. The fourth-order valence-corrected chi connectivity index (χ4v) is 4.24. The molecule has 0 aliphatic carbocycles. The number of carbonyl (C=O) groups excluding carboxylic acids is 1. The zero-order chi connectivity index (χ0) is 21.9. The van der Waals surface area contributed by atoms with Crippen molar-refractivity contribution in [2.75, 3.05) is 17.1 Å². The summed E-state index contributed by atoms with van der Waals surface area (Å²) in [7, 11) is -2.56. The van der Waals surface area contributed by atoms with E-state index in [9.17, 15) is 13.2 Å². The van der Waals surface area contributed by atoms with Crippen molar-refractivity contribution in [3.8, 4) is 5.75 Å². The quantitative estimate of drug-likeness (QED) is 0.513. The number of nitrogens with one attached hydrogen (secondary N) is 2. The van der Waals surface area contributed by atoms with Gasteiger partial charge in [0.15, 0.2) is 0 Å². The maximum atomic E-state index is 12.8. The molecule has 2 N–H and O–H groups in total. The summed E-state index contributed by atoms with van der Waals surface area (Å²) in [6.45, 7) is 1.92. The second kappa shape index (κ2) is 8.95.